The van der Waals surface area contributed by atoms with E-state index in [-0.39, 0.29) is 23.9 Å². The number of rotatable bonds is 7. The summed E-state index contributed by atoms with van der Waals surface area (Å²) >= 11 is 0. The maximum atomic E-state index is 13.2. The maximum Gasteiger partial charge on any atom is 0.326 e. The van der Waals surface area contributed by atoms with E-state index in [1.165, 1.54) is 15.5 Å². The van der Waals surface area contributed by atoms with E-state index >= 15 is 0 Å². The van der Waals surface area contributed by atoms with Gasteiger partial charge in [0.2, 0.25) is 15.0 Å². The molecule has 0 radical (unpaired) electrons. The molecule has 2 heterocycles. The minimum absolute atomic E-state index is 0.0201. The Morgan fingerprint density at radius 2 is 1.83 bits per heavy atom. The first kappa shape index (κ1) is 22.8. The molecule has 0 aliphatic carbocycles. The molecule has 0 fully saturated rings. The summed E-state index contributed by atoms with van der Waals surface area (Å²) in [5, 5.41) is -0.221. The van der Waals surface area contributed by atoms with Crippen LogP contribution in [0.1, 0.15) is 31.3 Å². The Bertz CT molecular complexity index is 1010. The van der Waals surface area contributed by atoms with Crippen LogP contribution in [0.15, 0.2) is 29.6 Å². The van der Waals surface area contributed by atoms with E-state index in [1.54, 1.807) is 39.0 Å². The number of carbonyl (C=O) groups is 2. The Kier molecular flexibility index (Phi) is 6.69. The quantitative estimate of drug-likeness (QED) is 0.613. The van der Waals surface area contributed by atoms with Gasteiger partial charge in [0.1, 0.15) is 12.1 Å². The Hall–Kier alpha value is -2.46. The van der Waals surface area contributed by atoms with Gasteiger partial charge in [-0.1, -0.05) is 6.07 Å². The predicted molar refractivity (Wildman–Crippen MR) is 109 cm³/mol. The first-order valence-electron chi connectivity index (χ1n) is 9.12. The van der Waals surface area contributed by atoms with Crippen molar-refractivity contribution in [3.63, 3.8) is 0 Å². The van der Waals surface area contributed by atoms with Crippen molar-refractivity contribution in [1.82, 2.24) is 19.2 Å². The van der Waals surface area contributed by atoms with Gasteiger partial charge in [0.05, 0.1) is 5.52 Å². The predicted octanol–water partition coefficient (Wildman–Crippen LogP) is 1.08. The Morgan fingerprint density at radius 3 is 2.38 bits per heavy atom. The van der Waals surface area contributed by atoms with Gasteiger partial charge in [-0.25, -0.2) is 13.4 Å². The number of sulfone groups is 1. The van der Waals surface area contributed by atoms with Gasteiger partial charge in [-0.15, -0.1) is 0 Å². The molecule has 0 aromatic carbocycles. The Morgan fingerprint density at radius 1 is 1.17 bits per heavy atom. The molecule has 0 aliphatic rings. The third-order valence-corrected chi connectivity index (χ3v) is 4.85. The third-order valence-electron chi connectivity index (χ3n) is 3.89. The van der Waals surface area contributed by atoms with Crippen molar-refractivity contribution in [2.75, 3.05) is 40.0 Å². The van der Waals surface area contributed by atoms with Gasteiger partial charge in [-0.3, -0.25) is 14.0 Å². The lowest BCUT2D eigenvalue weighted by Gasteiger charge is -2.25. The molecule has 2 aromatic rings. The monoisotopic (exact) mass is 424 g/mol. The van der Waals surface area contributed by atoms with Gasteiger partial charge in [0.15, 0.2) is 5.69 Å². The third kappa shape index (κ3) is 6.01. The molecule has 1 amide bonds. The first-order valence-corrected chi connectivity index (χ1v) is 11.0. The van der Waals surface area contributed by atoms with Crippen molar-refractivity contribution in [2.45, 2.75) is 31.5 Å². The second-order valence-corrected chi connectivity index (χ2v) is 10.00. The summed E-state index contributed by atoms with van der Waals surface area (Å²) < 4.78 is 30.9. The standard InChI is InChI=1S/C19H28N4O5S/c1-19(2,3)28-15(24)13-22(12-11-21(4)5)17(25)16-14-9-7-8-10-23(14)18(20-16)29(6,26)27/h7-10H,11-13H2,1-6H3. The molecule has 0 atom stereocenters. The largest absolute Gasteiger partial charge is 0.459 e. The summed E-state index contributed by atoms with van der Waals surface area (Å²) in [6.07, 6.45) is 2.57. The van der Waals surface area contributed by atoms with E-state index in [2.05, 4.69) is 4.98 Å². The molecular formula is C19H28N4O5S. The van der Waals surface area contributed by atoms with Crippen LogP contribution in [0.3, 0.4) is 0 Å². The normalized spacial score (nSPS) is 12.4. The molecule has 0 aliphatic heterocycles. The number of esters is 1. The number of likely N-dealkylation sites (N-methyl/N-ethyl adjacent to an activating group) is 1. The molecule has 0 saturated heterocycles. The molecule has 2 rings (SSSR count). The number of amides is 1. The molecule has 10 heteroatoms. The number of carbonyl (C=O) groups excluding carboxylic acids is 2. The van der Waals surface area contributed by atoms with Crippen LogP contribution in [0.2, 0.25) is 0 Å². The van der Waals surface area contributed by atoms with Gasteiger partial charge >= 0.3 is 5.97 Å². The zero-order valence-corrected chi connectivity index (χ0v) is 18.5. The average molecular weight is 425 g/mol. The van der Waals surface area contributed by atoms with Gasteiger partial charge in [-0.05, 0) is 47.0 Å². The molecular weight excluding hydrogens is 396 g/mol. The number of aromatic nitrogens is 2. The fraction of sp³-hybridized carbons (Fsp3) is 0.526. The number of fused-ring (bicyclic) bond motifs is 1. The van der Waals surface area contributed by atoms with E-state index in [0.29, 0.717) is 12.1 Å². The molecule has 160 valence electrons. The molecule has 0 N–H and O–H groups in total. The van der Waals surface area contributed by atoms with Crippen molar-refractivity contribution in [2.24, 2.45) is 0 Å². The zero-order valence-electron chi connectivity index (χ0n) is 17.7. The first-order chi connectivity index (χ1) is 13.3. The highest BCUT2D eigenvalue weighted by Crippen LogP contribution is 2.19. The number of pyridine rings is 1. The van der Waals surface area contributed by atoms with Crippen LogP contribution in [0.4, 0.5) is 0 Å². The fourth-order valence-electron chi connectivity index (χ4n) is 2.68. The number of hydrogen-bond acceptors (Lipinski definition) is 7. The lowest BCUT2D eigenvalue weighted by molar-refractivity contribution is -0.155. The highest BCUT2D eigenvalue weighted by Gasteiger charge is 2.28. The minimum atomic E-state index is -3.66. The lowest BCUT2D eigenvalue weighted by atomic mass is 10.2. The van der Waals surface area contributed by atoms with E-state index in [0.717, 1.165) is 6.26 Å². The van der Waals surface area contributed by atoms with E-state index < -0.39 is 27.3 Å². The van der Waals surface area contributed by atoms with Gasteiger partial charge in [0, 0.05) is 25.5 Å². The summed E-state index contributed by atoms with van der Waals surface area (Å²) in [6, 6.07) is 4.96. The Labute approximate surface area is 171 Å². The summed E-state index contributed by atoms with van der Waals surface area (Å²) in [5.41, 5.74) is -0.344. The summed E-state index contributed by atoms with van der Waals surface area (Å²) in [5.74, 6) is -1.08. The zero-order chi connectivity index (χ0) is 22.0. The fourth-order valence-corrected chi connectivity index (χ4v) is 3.45. The van der Waals surface area contributed by atoms with Crippen LogP contribution in [-0.4, -0.2) is 85.1 Å². The highest BCUT2D eigenvalue weighted by molar-refractivity contribution is 7.90. The topological polar surface area (TPSA) is 101 Å². The van der Waals surface area contributed by atoms with Crippen molar-refractivity contribution in [3.05, 3.63) is 30.1 Å². The molecule has 0 spiro atoms. The Balaban J connectivity index is 2.44. The molecule has 0 unspecified atom stereocenters. The SMILES string of the molecule is CN(C)CCN(CC(=O)OC(C)(C)C)C(=O)c1nc(S(C)(=O)=O)n2ccccc12. The van der Waals surface area contributed by atoms with Crippen molar-refractivity contribution in [3.8, 4) is 0 Å². The second-order valence-electron chi connectivity index (χ2n) is 8.09. The number of nitrogens with zero attached hydrogens (tertiary/aromatic N) is 4. The molecule has 0 bridgehead atoms. The van der Waals surface area contributed by atoms with Gasteiger partial charge in [-0.2, -0.15) is 0 Å². The van der Waals surface area contributed by atoms with Crippen LogP contribution in [0, 0.1) is 0 Å². The van der Waals surface area contributed by atoms with E-state index in [9.17, 15) is 18.0 Å². The summed E-state index contributed by atoms with van der Waals surface area (Å²) in [6.45, 7) is 5.75. The van der Waals surface area contributed by atoms with Gasteiger partial charge in [0.25, 0.3) is 5.91 Å². The minimum Gasteiger partial charge on any atom is -0.459 e. The highest BCUT2D eigenvalue weighted by atomic mass is 32.2. The van der Waals surface area contributed by atoms with Crippen LogP contribution < -0.4 is 0 Å². The second kappa shape index (κ2) is 8.50. The van der Waals surface area contributed by atoms with Crippen molar-refractivity contribution < 1.29 is 22.7 Å². The molecule has 2 aromatic heterocycles. The maximum absolute atomic E-state index is 13.2. The molecule has 29 heavy (non-hydrogen) atoms. The van der Waals surface area contributed by atoms with E-state index in [4.69, 9.17) is 4.74 Å². The molecule has 0 saturated carbocycles. The average Bonchev–Trinajstić information content (AvgIpc) is 2.96. The van der Waals surface area contributed by atoms with Crippen LogP contribution in [0.5, 0.6) is 0 Å². The summed E-state index contributed by atoms with van der Waals surface area (Å²) in [4.78, 5) is 32.9. The van der Waals surface area contributed by atoms with Crippen LogP contribution in [-0.2, 0) is 19.4 Å². The summed E-state index contributed by atoms with van der Waals surface area (Å²) in [7, 11) is 0.0429. The number of imidazole rings is 1. The van der Waals surface area contributed by atoms with Gasteiger partial charge < -0.3 is 14.5 Å². The lowest BCUT2D eigenvalue weighted by Crippen LogP contribution is -2.42. The van der Waals surface area contributed by atoms with Crippen molar-refractivity contribution in [1.29, 1.82) is 0 Å². The van der Waals surface area contributed by atoms with Crippen LogP contribution >= 0.6 is 0 Å². The molecule has 9 nitrogen and oxygen atoms in total. The number of hydrogen-bond donors (Lipinski definition) is 0. The van der Waals surface area contributed by atoms with Crippen LogP contribution in [0.25, 0.3) is 5.52 Å². The van der Waals surface area contributed by atoms with Crippen molar-refractivity contribution >= 4 is 27.2 Å². The number of ether oxygens (including phenoxy) is 1. The van der Waals surface area contributed by atoms with E-state index in [1.807, 2.05) is 19.0 Å². The smallest absolute Gasteiger partial charge is 0.326 e.